The Morgan fingerprint density at radius 1 is 1.07 bits per heavy atom. The van der Waals surface area contributed by atoms with Crippen molar-refractivity contribution in [3.8, 4) is 11.3 Å². The maximum atomic E-state index is 10.5. The molecule has 0 aliphatic heterocycles. The lowest BCUT2D eigenvalue weighted by atomic mass is 10.1. The lowest BCUT2D eigenvalue weighted by Crippen LogP contribution is -1.84. The minimum atomic E-state index is 0.675. The van der Waals surface area contributed by atoms with Gasteiger partial charge in [-0.2, -0.15) is 0 Å². The Morgan fingerprint density at radius 3 is 2.40 bits per heavy atom. The molecule has 0 atom stereocenters. The molecule has 0 spiro atoms. The van der Waals surface area contributed by atoms with Gasteiger partial charge in [0.1, 0.15) is 10.9 Å². The van der Waals surface area contributed by atoms with Crippen LogP contribution in [0, 0.1) is 0 Å². The number of carbonyl (C=O) groups is 1. The normalized spacial score (nSPS) is 9.93. The van der Waals surface area contributed by atoms with Crippen molar-refractivity contribution in [2.45, 2.75) is 0 Å². The number of halogens is 1. The van der Waals surface area contributed by atoms with Crippen LogP contribution in [0.15, 0.2) is 47.1 Å². The monoisotopic (exact) mass is 261 g/mol. The molecule has 0 unspecified atom stereocenters. The molecule has 0 fully saturated rings. The summed E-state index contributed by atoms with van der Waals surface area (Å²) in [5.41, 5.74) is 2.57. The second kappa shape index (κ2) is 4.36. The predicted octanol–water partition coefficient (Wildman–Crippen LogP) is 3.32. The Bertz CT molecular complexity index is 479. The maximum absolute atomic E-state index is 10.5. The number of nitrogens with zero attached hydrogens (tertiary/aromatic N) is 1. The largest absolute Gasteiger partial charge is 0.298 e. The average Bonchev–Trinajstić information content (AvgIpc) is 2.29. The summed E-state index contributed by atoms with van der Waals surface area (Å²) in [5, 5.41) is 0. The van der Waals surface area contributed by atoms with Crippen molar-refractivity contribution < 1.29 is 4.79 Å². The lowest BCUT2D eigenvalue weighted by molar-refractivity contribution is 0.112. The second-order valence-electron chi connectivity index (χ2n) is 3.09. The Morgan fingerprint density at radius 2 is 1.80 bits per heavy atom. The quantitative estimate of drug-likeness (QED) is 0.613. The zero-order valence-electron chi connectivity index (χ0n) is 7.85. The number of hydrogen-bond donors (Lipinski definition) is 0. The van der Waals surface area contributed by atoms with Crippen LogP contribution in [-0.4, -0.2) is 11.3 Å². The molecule has 15 heavy (non-hydrogen) atoms. The van der Waals surface area contributed by atoms with E-state index in [0.717, 1.165) is 22.1 Å². The molecular formula is C12H8BrNO. The van der Waals surface area contributed by atoms with E-state index in [4.69, 9.17) is 0 Å². The Kier molecular flexibility index (Phi) is 2.92. The first-order chi connectivity index (χ1) is 7.29. The first-order valence-electron chi connectivity index (χ1n) is 4.48. The molecule has 74 valence electrons. The molecule has 0 radical (unpaired) electrons. The number of benzene rings is 1. The summed E-state index contributed by atoms with van der Waals surface area (Å²) in [6, 6.07) is 13.1. The van der Waals surface area contributed by atoms with Gasteiger partial charge in [0, 0.05) is 11.1 Å². The van der Waals surface area contributed by atoms with Gasteiger partial charge in [-0.15, -0.1) is 0 Å². The number of hydrogen-bond acceptors (Lipinski definition) is 2. The standard InChI is InChI=1S/C12H8BrNO/c13-12-3-1-2-11(14-12)10-6-4-9(8-15)5-7-10/h1-8H. The van der Waals surface area contributed by atoms with Crippen LogP contribution in [0.5, 0.6) is 0 Å². The van der Waals surface area contributed by atoms with E-state index < -0.39 is 0 Å². The average molecular weight is 262 g/mol. The highest BCUT2D eigenvalue weighted by atomic mass is 79.9. The van der Waals surface area contributed by atoms with Crippen LogP contribution >= 0.6 is 15.9 Å². The van der Waals surface area contributed by atoms with E-state index in [-0.39, 0.29) is 0 Å². The fraction of sp³-hybridized carbons (Fsp3) is 0. The molecule has 2 rings (SSSR count). The van der Waals surface area contributed by atoms with Gasteiger partial charge < -0.3 is 0 Å². The van der Waals surface area contributed by atoms with Crippen LogP contribution in [0.4, 0.5) is 0 Å². The molecule has 0 amide bonds. The van der Waals surface area contributed by atoms with Crippen LogP contribution in [0.25, 0.3) is 11.3 Å². The second-order valence-corrected chi connectivity index (χ2v) is 3.90. The first kappa shape index (κ1) is 10.1. The van der Waals surface area contributed by atoms with Gasteiger partial charge in [0.15, 0.2) is 0 Å². The molecule has 1 heterocycles. The molecule has 0 aliphatic carbocycles. The summed E-state index contributed by atoms with van der Waals surface area (Å²) in [5.74, 6) is 0. The third kappa shape index (κ3) is 2.30. The van der Waals surface area contributed by atoms with E-state index in [0.29, 0.717) is 5.56 Å². The zero-order chi connectivity index (χ0) is 10.7. The highest BCUT2D eigenvalue weighted by molar-refractivity contribution is 9.10. The fourth-order valence-corrected chi connectivity index (χ4v) is 1.65. The lowest BCUT2D eigenvalue weighted by Gasteiger charge is -2.01. The number of rotatable bonds is 2. The molecule has 0 saturated carbocycles. The molecule has 0 N–H and O–H groups in total. The number of pyridine rings is 1. The highest BCUT2D eigenvalue weighted by Gasteiger charge is 1.99. The molecule has 2 nitrogen and oxygen atoms in total. The topological polar surface area (TPSA) is 30.0 Å². The summed E-state index contributed by atoms with van der Waals surface area (Å²) in [7, 11) is 0. The molecule has 1 aromatic heterocycles. The van der Waals surface area contributed by atoms with E-state index in [9.17, 15) is 4.79 Å². The van der Waals surface area contributed by atoms with Gasteiger partial charge in [0.05, 0.1) is 5.69 Å². The number of aromatic nitrogens is 1. The van der Waals surface area contributed by atoms with E-state index in [1.165, 1.54) is 0 Å². The van der Waals surface area contributed by atoms with Crippen molar-refractivity contribution in [3.63, 3.8) is 0 Å². The highest BCUT2D eigenvalue weighted by Crippen LogP contribution is 2.19. The summed E-state index contributed by atoms with van der Waals surface area (Å²) in [6.07, 6.45) is 0.831. The van der Waals surface area contributed by atoms with E-state index in [1.807, 2.05) is 30.3 Å². The predicted molar refractivity (Wildman–Crippen MR) is 62.8 cm³/mol. The van der Waals surface area contributed by atoms with Crippen molar-refractivity contribution in [1.82, 2.24) is 4.98 Å². The maximum Gasteiger partial charge on any atom is 0.150 e. The van der Waals surface area contributed by atoms with Gasteiger partial charge in [-0.05, 0) is 28.1 Å². The van der Waals surface area contributed by atoms with Crippen molar-refractivity contribution >= 4 is 22.2 Å². The summed E-state index contributed by atoms with van der Waals surface area (Å²) >= 11 is 3.32. The minimum absolute atomic E-state index is 0.675. The van der Waals surface area contributed by atoms with Crippen LogP contribution in [0.3, 0.4) is 0 Å². The van der Waals surface area contributed by atoms with Gasteiger partial charge >= 0.3 is 0 Å². The summed E-state index contributed by atoms with van der Waals surface area (Å²) in [4.78, 5) is 14.8. The van der Waals surface area contributed by atoms with E-state index in [2.05, 4.69) is 20.9 Å². The van der Waals surface area contributed by atoms with Gasteiger partial charge in [-0.3, -0.25) is 4.79 Å². The summed E-state index contributed by atoms with van der Waals surface area (Å²) in [6.45, 7) is 0. The first-order valence-corrected chi connectivity index (χ1v) is 5.27. The van der Waals surface area contributed by atoms with Crippen LogP contribution in [-0.2, 0) is 0 Å². The molecule has 0 aliphatic rings. The number of aldehydes is 1. The molecular weight excluding hydrogens is 254 g/mol. The van der Waals surface area contributed by atoms with E-state index in [1.54, 1.807) is 12.1 Å². The SMILES string of the molecule is O=Cc1ccc(-c2cccc(Br)n2)cc1. The van der Waals surface area contributed by atoms with Crippen molar-refractivity contribution in [2.24, 2.45) is 0 Å². The molecule has 2 aromatic rings. The number of carbonyl (C=O) groups excluding carboxylic acids is 1. The smallest absolute Gasteiger partial charge is 0.150 e. The van der Waals surface area contributed by atoms with Crippen molar-refractivity contribution in [2.75, 3.05) is 0 Å². The van der Waals surface area contributed by atoms with Gasteiger partial charge in [-0.1, -0.05) is 30.3 Å². The fourth-order valence-electron chi connectivity index (χ4n) is 1.30. The van der Waals surface area contributed by atoms with Gasteiger partial charge in [-0.25, -0.2) is 4.98 Å². The van der Waals surface area contributed by atoms with Crippen LogP contribution < -0.4 is 0 Å². The van der Waals surface area contributed by atoms with E-state index >= 15 is 0 Å². The Hall–Kier alpha value is -1.48. The third-order valence-electron chi connectivity index (χ3n) is 2.06. The van der Waals surface area contributed by atoms with Crippen molar-refractivity contribution in [3.05, 3.63) is 52.6 Å². The van der Waals surface area contributed by atoms with Crippen LogP contribution in [0.2, 0.25) is 0 Å². The van der Waals surface area contributed by atoms with Gasteiger partial charge in [0.25, 0.3) is 0 Å². The molecule has 3 heteroatoms. The molecule has 0 saturated heterocycles. The zero-order valence-corrected chi connectivity index (χ0v) is 9.44. The minimum Gasteiger partial charge on any atom is -0.298 e. The van der Waals surface area contributed by atoms with Crippen LogP contribution in [0.1, 0.15) is 10.4 Å². The molecule has 1 aromatic carbocycles. The third-order valence-corrected chi connectivity index (χ3v) is 2.50. The Labute approximate surface area is 96.1 Å². The Balaban J connectivity index is 2.41. The van der Waals surface area contributed by atoms with Gasteiger partial charge in [0.2, 0.25) is 0 Å². The van der Waals surface area contributed by atoms with Crippen molar-refractivity contribution in [1.29, 1.82) is 0 Å². The molecule has 0 bridgehead atoms. The summed E-state index contributed by atoms with van der Waals surface area (Å²) < 4.78 is 0.805.